The van der Waals surface area contributed by atoms with E-state index in [0.717, 1.165) is 9.87 Å². The number of carbonyl (C=O) groups is 1. The number of rotatable bonds is 12. The van der Waals surface area contributed by atoms with Gasteiger partial charge < -0.3 is 24.3 Å². The molecule has 1 amide bonds. The normalized spacial score (nSPS) is 10.9. The molecule has 0 fully saturated rings. The maximum atomic E-state index is 13.8. The third kappa shape index (κ3) is 6.78. The van der Waals surface area contributed by atoms with Gasteiger partial charge in [0, 0.05) is 11.1 Å². The molecule has 11 heteroatoms. The van der Waals surface area contributed by atoms with Crippen molar-refractivity contribution in [3.8, 4) is 23.0 Å². The van der Waals surface area contributed by atoms with Gasteiger partial charge in [-0.05, 0) is 48.9 Å². The van der Waals surface area contributed by atoms with Gasteiger partial charge in [0.2, 0.25) is 5.91 Å². The van der Waals surface area contributed by atoms with Crippen LogP contribution in [0.4, 0.5) is 5.69 Å². The highest BCUT2D eigenvalue weighted by Gasteiger charge is 2.30. The van der Waals surface area contributed by atoms with Crippen LogP contribution in [0, 0.1) is 6.92 Å². The smallest absolute Gasteiger partial charge is 0.265 e. The monoisotopic (exact) mass is 548 g/mol. The molecule has 0 bridgehead atoms. The van der Waals surface area contributed by atoms with Gasteiger partial charge in [-0.1, -0.05) is 29.8 Å². The molecule has 0 saturated heterocycles. The predicted octanol–water partition coefficient (Wildman–Crippen LogP) is 4.06. The Balaban J connectivity index is 1.87. The van der Waals surface area contributed by atoms with Crippen molar-refractivity contribution in [2.45, 2.75) is 11.8 Å². The summed E-state index contributed by atoms with van der Waals surface area (Å²) < 4.78 is 50.1. The molecule has 198 valence electrons. The summed E-state index contributed by atoms with van der Waals surface area (Å²) in [5, 5.41) is 2.97. The average molecular weight is 549 g/mol. The van der Waals surface area contributed by atoms with Crippen LogP contribution in [0.5, 0.6) is 23.0 Å². The summed E-state index contributed by atoms with van der Waals surface area (Å²) in [5.74, 6) is 0.973. The van der Waals surface area contributed by atoms with E-state index in [-0.39, 0.29) is 40.3 Å². The lowest BCUT2D eigenvalue weighted by atomic mass is 10.2. The third-order valence-corrected chi connectivity index (χ3v) is 7.41. The van der Waals surface area contributed by atoms with E-state index in [4.69, 9.17) is 30.5 Å². The standard InChI is InChI=1S/C26H29ClN2O7S/c1-18-7-5-6-8-22(18)36-14-13-28-26(30)17-29(21-15-19(27)9-11-23(21)33-2)37(31,32)20-10-12-24(34-3)25(16-20)35-4/h5-12,15-16H,13-14,17H2,1-4H3,(H,28,30). The number of aryl methyl sites for hydroxylation is 1. The summed E-state index contributed by atoms with van der Waals surface area (Å²) in [5.41, 5.74) is 1.07. The van der Waals surface area contributed by atoms with Crippen molar-refractivity contribution < 1.29 is 32.2 Å². The Hall–Kier alpha value is -3.63. The van der Waals surface area contributed by atoms with Crippen molar-refractivity contribution >= 4 is 33.2 Å². The van der Waals surface area contributed by atoms with Crippen LogP contribution in [0.3, 0.4) is 0 Å². The first-order valence-electron chi connectivity index (χ1n) is 11.2. The largest absolute Gasteiger partial charge is 0.495 e. The second-order valence-electron chi connectivity index (χ2n) is 7.81. The number of methoxy groups -OCH3 is 3. The van der Waals surface area contributed by atoms with Crippen LogP contribution in [0.25, 0.3) is 0 Å². The fraction of sp³-hybridized carbons (Fsp3) is 0.269. The molecule has 0 saturated carbocycles. The molecule has 37 heavy (non-hydrogen) atoms. The molecule has 0 heterocycles. The minimum Gasteiger partial charge on any atom is -0.495 e. The minimum absolute atomic E-state index is 0.107. The number of hydrogen-bond donors (Lipinski definition) is 1. The molecular formula is C26H29ClN2O7S. The number of nitrogens with zero attached hydrogens (tertiary/aromatic N) is 1. The zero-order valence-electron chi connectivity index (χ0n) is 21.0. The van der Waals surface area contributed by atoms with Crippen LogP contribution >= 0.6 is 11.6 Å². The van der Waals surface area contributed by atoms with E-state index in [9.17, 15) is 13.2 Å². The predicted molar refractivity (Wildman–Crippen MR) is 142 cm³/mol. The van der Waals surface area contributed by atoms with Gasteiger partial charge in [0.15, 0.2) is 11.5 Å². The lowest BCUT2D eigenvalue weighted by Gasteiger charge is -2.26. The van der Waals surface area contributed by atoms with Gasteiger partial charge in [-0.3, -0.25) is 9.10 Å². The molecule has 0 radical (unpaired) electrons. The average Bonchev–Trinajstić information content (AvgIpc) is 2.90. The zero-order chi connectivity index (χ0) is 27.0. The molecule has 1 N–H and O–H groups in total. The van der Waals surface area contributed by atoms with E-state index < -0.39 is 22.5 Å². The van der Waals surface area contributed by atoms with Gasteiger partial charge in [-0.2, -0.15) is 0 Å². The maximum absolute atomic E-state index is 13.8. The Kier molecular flexibility index (Phi) is 9.48. The number of carbonyl (C=O) groups excluding carboxylic acids is 1. The van der Waals surface area contributed by atoms with Gasteiger partial charge in [0.25, 0.3) is 10.0 Å². The number of hydrogen-bond acceptors (Lipinski definition) is 7. The molecule has 3 rings (SSSR count). The highest BCUT2D eigenvalue weighted by molar-refractivity contribution is 7.92. The zero-order valence-corrected chi connectivity index (χ0v) is 22.6. The van der Waals surface area contributed by atoms with Crippen LogP contribution in [0.2, 0.25) is 5.02 Å². The molecular weight excluding hydrogens is 520 g/mol. The van der Waals surface area contributed by atoms with E-state index in [1.807, 2.05) is 31.2 Å². The first-order valence-corrected chi connectivity index (χ1v) is 13.1. The van der Waals surface area contributed by atoms with E-state index in [1.54, 1.807) is 6.07 Å². The van der Waals surface area contributed by atoms with Gasteiger partial charge in [-0.25, -0.2) is 8.42 Å². The number of amides is 1. The highest BCUT2D eigenvalue weighted by atomic mass is 35.5. The Labute approximate surface area is 221 Å². The molecule has 0 atom stereocenters. The summed E-state index contributed by atoms with van der Waals surface area (Å²) in [6.07, 6.45) is 0. The Bertz CT molecular complexity index is 1350. The number of nitrogens with one attached hydrogen (secondary N) is 1. The number of ether oxygens (including phenoxy) is 4. The molecule has 0 aliphatic heterocycles. The van der Waals surface area contributed by atoms with Crippen molar-refractivity contribution in [2.24, 2.45) is 0 Å². The molecule has 0 unspecified atom stereocenters. The molecule has 0 aromatic heterocycles. The quantitative estimate of drug-likeness (QED) is 0.340. The van der Waals surface area contributed by atoms with Gasteiger partial charge in [0.05, 0.1) is 38.5 Å². The maximum Gasteiger partial charge on any atom is 0.265 e. The summed E-state index contributed by atoms with van der Waals surface area (Å²) in [6.45, 7) is 1.77. The van der Waals surface area contributed by atoms with E-state index in [2.05, 4.69) is 5.32 Å². The topological polar surface area (TPSA) is 103 Å². The van der Waals surface area contributed by atoms with Gasteiger partial charge in [-0.15, -0.1) is 0 Å². The summed E-state index contributed by atoms with van der Waals surface area (Å²) in [4.78, 5) is 12.8. The first kappa shape index (κ1) is 27.9. The third-order valence-electron chi connectivity index (χ3n) is 5.42. The highest BCUT2D eigenvalue weighted by Crippen LogP contribution is 2.36. The molecule has 0 aliphatic rings. The number of anilines is 1. The lowest BCUT2D eigenvalue weighted by Crippen LogP contribution is -2.42. The summed E-state index contributed by atoms with van der Waals surface area (Å²) in [7, 11) is -0.0205. The Morgan fingerprint density at radius 3 is 2.24 bits per heavy atom. The first-order chi connectivity index (χ1) is 17.7. The number of halogens is 1. The molecule has 0 aliphatic carbocycles. The van der Waals surface area contributed by atoms with Crippen LogP contribution in [-0.2, 0) is 14.8 Å². The minimum atomic E-state index is -4.27. The van der Waals surface area contributed by atoms with Gasteiger partial charge >= 0.3 is 0 Å². The number of benzene rings is 3. The fourth-order valence-corrected chi connectivity index (χ4v) is 5.12. The second kappa shape index (κ2) is 12.6. The van der Waals surface area contributed by atoms with Crippen molar-refractivity contribution in [1.29, 1.82) is 0 Å². The van der Waals surface area contributed by atoms with Crippen molar-refractivity contribution in [2.75, 3.05) is 45.3 Å². The molecule has 3 aromatic rings. The van der Waals surface area contributed by atoms with Gasteiger partial charge in [0.1, 0.15) is 24.7 Å². The van der Waals surface area contributed by atoms with Crippen molar-refractivity contribution in [3.05, 3.63) is 71.2 Å². The summed E-state index contributed by atoms with van der Waals surface area (Å²) in [6, 6.07) is 16.2. The van der Waals surface area contributed by atoms with Crippen molar-refractivity contribution in [1.82, 2.24) is 5.32 Å². The summed E-state index contributed by atoms with van der Waals surface area (Å²) >= 11 is 6.18. The van der Waals surface area contributed by atoms with Crippen molar-refractivity contribution in [3.63, 3.8) is 0 Å². The Morgan fingerprint density at radius 1 is 0.892 bits per heavy atom. The van der Waals surface area contributed by atoms with E-state index >= 15 is 0 Å². The van der Waals surface area contributed by atoms with E-state index in [1.165, 1.54) is 51.7 Å². The number of para-hydroxylation sites is 1. The fourth-order valence-electron chi connectivity index (χ4n) is 3.52. The Morgan fingerprint density at radius 2 is 1.57 bits per heavy atom. The second-order valence-corrected chi connectivity index (χ2v) is 10.1. The molecule has 9 nitrogen and oxygen atoms in total. The lowest BCUT2D eigenvalue weighted by molar-refractivity contribution is -0.119. The van der Waals surface area contributed by atoms with Crippen LogP contribution in [0.15, 0.2) is 65.6 Å². The molecule has 3 aromatic carbocycles. The van der Waals surface area contributed by atoms with Crippen LogP contribution < -0.4 is 28.6 Å². The molecule has 0 spiro atoms. The SMILES string of the molecule is COc1ccc(S(=O)(=O)N(CC(=O)NCCOc2ccccc2C)c2cc(Cl)ccc2OC)cc1OC. The van der Waals surface area contributed by atoms with Crippen LogP contribution in [-0.4, -0.2) is 55.4 Å². The van der Waals surface area contributed by atoms with Crippen LogP contribution in [0.1, 0.15) is 5.56 Å². The number of sulfonamides is 1. The van der Waals surface area contributed by atoms with E-state index in [0.29, 0.717) is 11.5 Å².